The number of nitriles is 3. The molecule has 0 heterocycles. The normalized spacial score (nSPS) is 10.9. The average Bonchev–Trinajstić information content (AvgIpc) is 3.08. The van der Waals surface area contributed by atoms with Gasteiger partial charge in [-0.15, -0.1) is 0 Å². The fourth-order valence-corrected chi connectivity index (χ4v) is 6.58. The molecule has 0 bridgehead atoms. The number of hydrogen-bond acceptors (Lipinski definition) is 3. The van der Waals surface area contributed by atoms with Gasteiger partial charge in [-0.25, -0.2) is 0 Å². The van der Waals surface area contributed by atoms with Crippen LogP contribution in [0.4, 0.5) is 0 Å². The van der Waals surface area contributed by atoms with Crippen LogP contribution in [-0.2, 0) is 6.42 Å². The monoisotopic (exact) mass is 573 g/mol. The summed E-state index contributed by atoms with van der Waals surface area (Å²) >= 11 is 0. The summed E-state index contributed by atoms with van der Waals surface area (Å²) in [6, 6.07) is 46.0. The van der Waals surface area contributed by atoms with Gasteiger partial charge < -0.3 is 0 Å². The van der Waals surface area contributed by atoms with Crippen molar-refractivity contribution in [3.63, 3.8) is 0 Å². The predicted octanol–water partition coefficient (Wildman–Crippen LogP) is 10.3. The topological polar surface area (TPSA) is 71.4 Å². The van der Waals surface area contributed by atoms with Gasteiger partial charge >= 0.3 is 0 Å². The Kier molecular flexibility index (Phi) is 6.83. The summed E-state index contributed by atoms with van der Waals surface area (Å²) in [6.45, 7) is 4.21. The van der Waals surface area contributed by atoms with Gasteiger partial charge in [-0.3, -0.25) is 0 Å². The minimum Gasteiger partial charge on any atom is -0.192 e. The first-order valence-corrected chi connectivity index (χ1v) is 14.9. The Labute approximate surface area is 262 Å². The van der Waals surface area contributed by atoms with Crippen LogP contribution in [0.1, 0.15) is 38.9 Å². The fraction of sp³-hybridized carbons (Fsp3) is 0.0714. The maximum atomic E-state index is 9.59. The molecule has 0 N–H and O–H groups in total. The van der Waals surface area contributed by atoms with Gasteiger partial charge in [0, 0.05) is 0 Å². The van der Waals surface area contributed by atoms with E-state index in [0.29, 0.717) is 16.7 Å². The van der Waals surface area contributed by atoms with Gasteiger partial charge in [0.05, 0.1) is 34.9 Å². The quantitative estimate of drug-likeness (QED) is 0.197. The number of fused-ring (bicyclic) bond motifs is 6. The molecule has 3 heteroatoms. The van der Waals surface area contributed by atoms with E-state index in [2.05, 4.69) is 92.7 Å². The lowest BCUT2D eigenvalue weighted by molar-refractivity contribution is 1.19. The molecule has 0 saturated carbocycles. The molecule has 0 amide bonds. The van der Waals surface area contributed by atoms with Gasteiger partial charge in [0.15, 0.2) is 0 Å². The van der Waals surface area contributed by atoms with Crippen molar-refractivity contribution >= 4 is 32.3 Å². The van der Waals surface area contributed by atoms with Crippen molar-refractivity contribution in [2.45, 2.75) is 20.3 Å². The maximum Gasteiger partial charge on any atom is 0.0991 e. The van der Waals surface area contributed by atoms with Crippen molar-refractivity contribution in [2.75, 3.05) is 0 Å². The molecule has 0 spiro atoms. The van der Waals surface area contributed by atoms with Crippen LogP contribution in [0.15, 0.2) is 115 Å². The number of benzene rings is 7. The van der Waals surface area contributed by atoms with Crippen LogP contribution >= 0.6 is 0 Å². The Morgan fingerprint density at radius 1 is 0.444 bits per heavy atom. The molecular weight excluding hydrogens is 546 g/mol. The van der Waals surface area contributed by atoms with Crippen molar-refractivity contribution in [1.29, 1.82) is 15.8 Å². The number of rotatable bonds is 4. The third kappa shape index (κ3) is 4.86. The molecule has 45 heavy (non-hydrogen) atoms. The lowest BCUT2D eigenvalue weighted by Crippen LogP contribution is -1.98. The summed E-state index contributed by atoms with van der Waals surface area (Å²) in [5.41, 5.74) is 10.9. The Balaban J connectivity index is 1.42. The molecule has 0 aliphatic heterocycles. The Hall–Kier alpha value is -6.21. The molecule has 0 aromatic heterocycles. The Morgan fingerprint density at radius 2 is 1.00 bits per heavy atom. The first-order chi connectivity index (χ1) is 22.0. The van der Waals surface area contributed by atoms with Crippen molar-refractivity contribution in [3.05, 3.63) is 154 Å². The summed E-state index contributed by atoms with van der Waals surface area (Å²) in [5, 5.41) is 35.5. The van der Waals surface area contributed by atoms with Crippen molar-refractivity contribution < 1.29 is 0 Å². The second-order valence-electron chi connectivity index (χ2n) is 11.6. The fourth-order valence-electron chi connectivity index (χ4n) is 6.58. The SMILES string of the molecule is Cc1ccc(C#N)cc1-c1cc(-c2ccc(C#N)cc2)c(Cc2ccc3c4ccc(C#N)cc4c4ccccc4c3c2)cc1C. The third-order valence-corrected chi connectivity index (χ3v) is 8.86. The van der Waals surface area contributed by atoms with Crippen LogP contribution in [0.3, 0.4) is 0 Å². The van der Waals surface area contributed by atoms with Crippen LogP contribution < -0.4 is 0 Å². The van der Waals surface area contributed by atoms with Gasteiger partial charge in [-0.05, 0) is 140 Å². The van der Waals surface area contributed by atoms with Gasteiger partial charge in [-0.1, -0.05) is 72.8 Å². The minimum absolute atomic E-state index is 0.626. The highest BCUT2D eigenvalue weighted by Crippen LogP contribution is 2.38. The lowest BCUT2D eigenvalue weighted by atomic mass is 9.86. The molecule has 7 rings (SSSR count). The molecule has 7 aromatic rings. The standard InChI is InChI=1S/C42H27N3/c1-26-7-8-30(24-44)20-38(26)39-22-40(32-13-9-28(23-43)10-14-32)33(17-27(39)2)18-29-11-15-36-37-16-12-31(25-45)21-42(37)35-6-4-3-5-34(35)41(36)19-29/h3-17,19-22H,18H2,1-2H3. The van der Waals surface area contributed by atoms with Crippen LogP contribution in [0.5, 0.6) is 0 Å². The molecular formula is C42H27N3. The van der Waals surface area contributed by atoms with Gasteiger partial charge in [0.25, 0.3) is 0 Å². The molecule has 210 valence electrons. The van der Waals surface area contributed by atoms with Crippen molar-refractivity contribution in [1.82, 2.24) is 0 Å². The van der Waals surface area contributed by atoms with E-state index >= 15 is 0 Å². The highest BCUT2D eigenvalue weighted by atomic mass is 14.3. The molecule has 0 saturated heterocycles. The molecule has 0 aliphatic rings. The van der Waals surface area contributed by atoms with Crippen LogP contribution in [0.25, 0.3) is 54.6 Å². The Bertz CT molecular complexity index is 2430. The molecule has 0 atom stereocenters. The van der Waals surface area contributed by atoms with Gasteiger partial charge in [0.1, 0.15) is 0 Å². The number of hydrogen-bond donors (Lipinski definition) is 0. The molecule has 3 nitrogen and oxygen atoms in total. The summed E-state index contributed by atoms with van der Waals surface area (Å²) in [7, 11) is 0. The van der Waals surface area contributed by atoms with E-state index in [1.807, 2.05) is 54.6 Å². The first-order valence-electron chi connectivity index (χ1n) is 14.9. The van der Waals surface area contributed by atoms with E-state index < -0.39 is 0 Å². The maximum absolute atomic E-state index is 9.59. The van der Waals surface area contributed by atoms with Crippen molar-refractivity contribution in [2.24, 2.45) is 0 Å². The largest absolute Gasteiger partial charge is 0.192 e. The van der Waals surface area contributed by atoms with E-state index in [1.165, 1.54) is 27.3 Å². The van der Waals surface area contributed by atoms with E-state index in [0.717, 1.165) is 56.0 Å². The molecule has 0 unspecified atom stereocenters. The highest BCUT2D eigenvalue weighted by Gasteiger charge is 2.16. The smallest absolute Gasteiger partial charge is 0.0991 e. The molecule has 0 radical (unpaired) electrons. The zero-order valence-electron chi connectivity index (χ0n) is 25.0. The van der Waals surface area contributed by atoms with E-state index in [-0.39, 0.29) is 0 Å². The highest BCUT2D eigenvalue weighted by molar-refractivity contribution is 6.25. The van der Waals surface area contributed by atoms with E-state index in [4.69, 9.17) is 0 Å². The van der Waals surface area contributed by atoms with Gasteiger partial charge in [-0.2, -0.15) is 15.8 Å². The van der Waals surface area contributed by atoms with Crippen LogP contribution in [0, 0.1) is 47.8 Å². The lowest BCUT2D eigenvalue weighted by Gasteiger charge is -2.18. The van der Waals surface area contributed by atoms with Crippen molar-refractivity contribution in [3.8, 4) is 40.5 Å². The summed E-state index contributed by atoms with van der Waals surface area (Å²) in [5.74, 6) is 0. The second kappa shape index (κ2) is 11.1. The zero-order valence-corrected chi connectivity index (χ0v) is 25.0. The predicted molar refractivity (Wildman–Crippen MR) is 183 cm³/mol. The third-order valence-electron chi connectivity index (χ3n) is 8.86. The summed E-state index contributed by atoms with van der Waals surface area (Å²) in [6.07, 6.45) is 0.726. The zero-order chi connectivity index (χ0) is 31.1. The first kappa shape index (κ1) is 27.6. The Morgan fingerprint density at radius 3 is 1.69 bits per heavy atom. The number of aryl methyl sites for hydroxylation is 2. The summed E-state index contributed by atoms with van der Waals surface area (Å²) < 4.78 is 0. The number of nitrogens with zero attached hydrogens (tertiary/aromatic N) is 3. The van der Waals surface area contributed by atoms with Crippen LogP contribution in [0.2, 0.25) is 0 Å². The second-order valence-corrected chi connectivity index (χ2v) is 11.6. The van der Waals surface area contributed by atoms with E-state index in [9.17, 15) is 15.8 Å². The summed E-state index contributed by atoms with van der Waals surface area (Å²) in [4.78, 5) is 0. The van der Waals surface area contributed by atoms with E-state index in [1.54, 1.807) is 0 Å². The minimum atomic E-state index is 0.626. The molecule has 0 aliphatic carbocycles. The average molecular weight is 574 g/mol. The molecule has 7 aromatic carbocycles. The van der Waals surface area contributed by atoms with Gasteiger partial charge in [0.2, 0.25) is 0 Å². The van der Waals surface area contributed by atoms with Crippen LogP contribution in [-0.4, -0.2) is 0 Å². The molecule has 0 fully saturated rings.